The Kier molecular flexibility index (Phi) is 5.08. The Morgan fingerprint density at radius 2 is 2.04 bits per heavy atom. The summed E-state index contributed by atoms with van der Waals surface area (Å²) >= 11 is 7.91. The van der Waals surface area contributed by atoms with Gasteiger partial charge in [-0.1, -0.05) is 44.1 Å². The van der Waals surface area contributed by atoms with Crippen molar-refractivity contribution in [3.05, 3.63) is 17.2 Å². The minimum absolute atomic E-state index is 0.215. The van der Waals surface area contributed by atoms with Gasteiger partial charge in [0.2, 0.25) is 0 Å². The average Bonchev–Trinajstić information content (AvgIpc) is 2.93. The second-order valence-electron chi connectivity index (χ2n) is 7.06. The van der Waals surface area contributed by atoms with Crippen LogP contribution in [0.25, 0.3) is 11.0 Å². The summed E-state index contributed by atoms with van der Waals surface area (Å²) in [6.07, 6.45) is 0. The van der Waals surface area contributed by atoms with Gasteiger partial charge in [0.1, 0.15) is 5.78 Å². The molecule has 1 aliphatic heterocycles. The summed E-state index contributed by atoms with van der Waals surface area (Å²) in [4.78, 5) is 22.2. The van der Waals surface area contributed by atoms with Crippen LogP contribution in [0.3, 0.4) is 0 Å². The minimum Gasteiger partial charge on any atom is -0.368 e. The molecule has 3 rings (SSSR count). The molecule has 7 heteroatoms. The van der Waals surface area contributed by atoms with Gasteiger partial charge in [0, 0.05) is 31.6 Å². The number of hydrogen-bond acceptors (Lipinski definition) is 5. The third kappa shape index (κ3) is 3.87. The molecule has 0 radical (unpaired) electrons. The lowest BCUT2D eigenvalue weighted by Gasteiger charge is -2.30. The van der Waals surface area contributed by atoms with Crippen LogP contribution in [0, 0.1) is 5.41 Å². The summed E-state index contributed by atoms with van der Waals surface area (Å²) < 4.78 is 0. The number of nitrogens with zero attached hydrogens (tertiary/aromatic N) is 2. The van der Waals surface area contributed by atoms with E-state index < -0.39 is 0 Å². The highest BCUT2D eigenvalue weighted by Gasteiger charge is 2.22. The molecule has 1 saturated heterocycles. The first-order valence-electron chi connectivity index (χ1n) is 8.15. The Bertz CT molecular complexity index is 747. The highest BCUT2D eigenvalue weighted by atomic mass is 35.5. The smallest absolute Gasteiger partial charge is 0.166 e. The van der Waals surface area contributed by atoms with Crippen molar-refractivity contribution in [2.75, 3.05) is 36.8 Å². The molecule has 0 spiro atoms. The fourth-order valence-electron chi connectivity index (χ4n) is 2.56. The lowest BCUT2D eigenvalue weighted by Crippen LogP contribution is -2.43. The maximum absolute atomic E-state index is 12.1. The van der Waals surface area contributed by atoms with E-state index in [1.54, 1.807) is 0 Å². The number of carbonyl (C=O) groups excluding carboxylic acids is 1. The first kappa shape index (κ1) is 17.6. The van der Waals surface area contributed by atoms with E-state index in [1.165, 1.54) is 11.8 Å². The summed E-state index contributed by atoms with van der Waals surface area (Å²) in [5.41, 5.74) is 2.50. The number of Topliss-reactive ketones (excluding diaryl/α,β-unsaturated/α-hetero) is 1. The van der Waals surface area contributed by atoms with Gasteiger partial charge < -0.3 is 15.2 Å². The number of aromatic nitrogens is 2. The van der Waals surface area contributed by atoms with Crippen LogP contribution in [0.2, 0.25) is 5.02 Å². The van der Waals surface area contributed by atoms with Gasteiger partial charge in [-0.15, -0.1) is 0 Å². The van der Waals surface area contributed by atoms with Gasteiger partial charge >= 0.3 is 0 Å². The highest BCUT2D eigenvalue weighted by molar-refractivity contribution is 7.99. The van der Waals surface area contributed by atoms with E-state index in [1.807, 2.05) is 32.9 Å². The molecule has 0 aliphatic carbocycles. The van der Waals surface area contributed by atoms with Crippen LogP contribution in [0.15, 0.2) is 17.3 Å². The van der Waals surface area contributed by atoms with E-state index in [-0.39, 0.29) is 11.2 Å². The van der Waals surface area contributed by atoms with Gasteiger partial charge in [-0.3, -0.25) is 4.79 Å². The fourth-order valence-corrected chi connectivity index (χ4v) is 3.89. The first-order chi connectivity index (χ1) is 11.3. The Morgan fingerprint density at radius 3 is 2.71 bits per heavy atom. The number of halogens is 1. The second-order valence-corrected chi connectivity index (χ2v) is 8.43. The van der Waals surface area contributed by atoms with Gasteiger partial charge in [0.15, 0.2) is 5.16 Å². The predicted molar refractivity (Wildman–Crippen MR) is 101 cm³/mol. The number of hydrogen-bond donors (Lipinski definition) is 2. The molecule has 1 aromatic heterocycles. The molecule has 0 amide bonds. The van der Waals surface area contributed by atoms with E-state index in [2.05, 4.69) is 20.2 Å². The Hall–Kier alpha value is -1.24. The lowest BCUT2D eigenvalue weighted by atomic mass is 9.92. The molecular formula is C17H23ClN4OS. The lowest BCUT2D eigenvalue weighted by molar-refractivity contribution is -0.123. The zero-order valence-electron chi connectivity index (χ0n) is 14.3. The Balaban J connectivity index is 1.79. The number of ketones is 1. The number of fused-ring (bicyclic) bond motifs is 1. The number of carbonyl (C=O) groups is 1. The number of H-pyrrole nitrogens is 1. The zero-order valence-corrected chi connectivity index (χ0v) is 15.9. The number of nitrogens with one attached hydrogen (secondary N) is 2. The van der Waals surface area contributed by atoms with Crippen LogP contribution in [-0.2, 0) is 4.79 Å². The SMILES string of the molecule is CC(C)(C)C(=O)CSc1nc2cc(N3CCNCC3)c(Cl)cc2[nH]1. The third-order valence-corrected chi connectivity index (χ3v) is 5.34. The van der Waals surface area contributed by atoms with Crippen LogP contribution >= 0.6 is 23.4 Å². The zero-order chi connectivity index (χ0) is 17.3. The van der Waals surface area contributed by atoms with Crippen molar-refractivity contribution in [2.24, 2.45) is 5.41 Å². The molecule has 0 atom stereocenters. The number of thioether (sulfide) groups is 1. The summed E-state index contributed by atoms with van der Waals surface area (Å²) in [6, 6.07) is 3.96. The van der Waals surface area contributed by atoms with Gasteiger partial charge in [-0.2, -0.15) is 0 Å². The van der Waals surface area contributed by atoms with Gasteiger partial charge in [0.25, 0.3) is 0 Å². The summed E-state index contributed by atoms with van der Waals surface area (Å²) in [5, 5.41) is 4.83. The van der Waals surface area contributed by atoms with E-state index in [4.69, 9.17) is 11.6 Å². The number of aromatic amines is 1. The monoisotopic (exact) mass is 366 g/mol. The molecule has 1 aromatic carbocycles. The van der Waals surface area contributed by atoms with Crippen LogP contribution < -0.4 is 10.2 Å². The molecule has 0 bridgehead atoms. The first-order valence-corrected chi connectivity index (χ1v) is 9.52. The Morgan fingerprint density at radius 1 is 1.33 bits per heavy atom. The molecule has 2 N–H and O–H groups in total. The van der Waals surface area contributed by atoms with Crippen molar-refractivity contribution in [2.45, 2.75) is 25.9 Å². The number of imidazole rings is 1. The average molecular weight is 367 g/mol. The topological polar surface area (TPSA) is 61.0 Å². The number of piperazine rings is 1. The summed E-state index contributed by atoms with van der Waals surface area (Å²) in [5.74, 6) is 0.634. The quantitative estimate of drug-likeness (QED) is 0.813. The normalized spacial score (nSPS) is 15.9. The largest absolute Gasteiger partial charge is 0.368 e. The van der Waals surface area contributed by atoms with Gasteiger partial charge in [-0.25, -0.2) is 4.98 Å². The van der Waals surface area contributed by atoms with Gasteiger partial charge in [-0.05, 0) is 12.1 Å². The van der Waals surface area contributed by atoms with Gasteiger partial charge in [0.05, 0.1) is 27.5 Å². The molecule has 0 saturated carbocycles. The maximum atomic E-state index is 12.1. The highest BCUT2D eigenvalue weighted by Crippen LogP contribution is 2.32. The van der Waals surface area contributed by atoms with E-state index in [9.17, 15) is 4.79 Å². The number of anilines is 1. The second kappa shape index (κ2) is 6.94. The molecule has 5 nitrogen and oxygen atoms in total. The molecule has 1 fully saturated rings. The van der Waals surface area contributed by atoms with Crippen molar-refractivity contribution in [1.29, 1.82) is 0 Å². The number of rotatable bonds is 4. The molecule has 1 aliphatic rings. The van der Waals surface area contributed by atoms with Crippen molar-refractivity contribution in [3.8, 4) is 0 Å². The van der Waals surface area contributed by atoms with Crippen LogP contribution in [-0.4, -0.2) is 47.7 Å². The minimum atomic E-state index is -0.322. The molecule has 2 heterocycles. The standard InChI is InChI=1S/C17H23ClN4OS/c1-17(2,3)15(23)10-24-16-20-12-8-11(18)14(9-13(12)21-16)22-6-4-19-5-7-22/h8-9,19H,4-7,10H2,1-3H3,(H,20,21). The molecule has 130 valence electrons. The van der Waals surface area contributed by atoms with E-state index in [0.717, 1.165) is 53.1 Å². The molecule has 24 heavy (non-hydrogen) atoms. The van der Waals surface area contributed by atoms with Crippen molar-refractivity contribution in [3.63, 3.8) is 0 Å². The molecule has 2 aromatic rings. The van der Waals surface area contributed by atoms with Crippen molar-refractivity contribution in [1.82, 2.24) is 15.3 Å². The molecular weight excluding hydrogens is 344 g/mol. The van der Waals surface area contributed by atoms with Crippen LogP contribution in [0.1, 0.15) is 20.8 Å². The summed E-state index contributed by atoms with van der Waals surface area (Å²) in [6.45, 7) is 9.63. The fraction of sp³-hybridized carbons (Fsp3) is 0.529. The molecule has 0 unspecified atom stereocenters. The predicted octanol–water partition coefficient (Wildman–Crippen LogP) is 3.33. The van der Waals surface area contributed by atoms with E-state index in [0.29, 0.717) is 5.75 Å². The van der Waals surface area contributed by atoms with Crippen molar-refractivity contribution < 1.29 is 4.79 Å². The van der Waals surface area contributed by atoms with Crippen LogP contribution in [0.5, 0.6) is 0 Å². The third-order valence-electron chi connectivity index (χ3n) is 4.16. The van der Waals surface area contributed by atoms with Crippen LogP contribution in [0.4, 0.5) is 5.69 Å². The van der Waals surface area contributed by atoms with Crippen molar-refractivity contribution >= 4 is 45.9 Å². The summed E-state index contributed by atoms with van der Waals surface area (Å²) in [7, 11) is 0. The number of benzene rings is 1. The van der Waals surface area contributed by atoms with E-state index >= 15 is 0 Å². The Labute approximate surface area is 151 Å². The maximum Gasteiger partial charge on any atom is 0.166 e.